The second-order valence-electron chi connectivity index (χ2n) is 9.06. The highest BCUT2D eigenvalue weighted by Crippen LogP contribution is 2.36. The molecular formula is C27H29N5O7S. The summed E-state index contributed by atoms with van der Waals surface area (Å²) >= 11 is 0. The van der Waals surface area contributed by atoms with Gasteiger partial charge >= 0.3 is 0 Å². The first kappa shape index (κ1) is 28.5. The lowest BCUT2D eigenvalue weighted by atomic mass is 10.1. The Bertz CT molecular complexity index is 1660. The molecule has 2 aromatic heterocycles. The summed E-state index contributed by atoms with van der Waals surface area (Å²) in [6.07, 6.45) is 2.01. The molecular weight excluding hydrogens is 538 g/mol. The number of benzene rings is 2. The lowest BCUT2D eigenvalue weighted by molar-refractivity contribution is -0.385. The van der Waals surface area contributed by atoms with Crippen LogP contribution in [0.4, 0.5) is 5.69 Å². The van der Waals surface area contributed by atoms with Crippen molar-refractivity contribution < 1.29 is 27.3 Å². The van der Waals surface area contributed by atoms with Crippen LogP contribution in [0.5, 0.6) is 11.6 Å². The third-order valence-electron chi connectivity index (χ3n) is 6.27. The zero-order chi connectivity index (χ0) is 29.0. The monoisotopic (exact) mass is 567 g/mol. The zero-order valence-corrected chi connectivity index (χ0v) is 23.2. The Labute approximate surface area is 231 Å². The number of carbonyl (C=O) groups excluding carboxylic acids is 1. The standard InChI is InChI=1S/C27H29N5O7S/c1-5-13-29-40(36,37)24-15-20(32(34)35)11-12-23(24)39-27-19(4)25(26(33)28-16-21-9-7-14-38-21)30-31(27)22-10-6-8-17(2)18(22)3/h6-12,14-15,29H,5,13,16H2,1-4H3,(H,28,33). The van der Waals surface area contributed by atoms with Gasteiger partial charge in [0.2, 0.25) is 15.9 Å². The van der Waals surface area contributed by atoms with E-state index in [9.17, 15) is 23.3 Å². The fourth-order valence-corrected chi connectivity index (χ4v) is 5.21. The molecule has 0 radical (unpaired) electrons. The van der Waals surface area contributed by atoms with E-state index in [0.29, 0.717) is 23.4 Å². The minimum atomic E-state index is -4.18. The summed E-state index contributed by atoms with van der Waals surface area (Å²) < 4.78 is 41.5. The fourth-order valence-electron chi connectivity index (χ4n) is 3.93. The average Bonchev–Trinajstić information content (AvgIpc) is 3.56. The number of nitro benzene ring substituents is 1. The maximum Gasteiger partial charge on any atom is 0.272 e. The number of nitrogens with one attached hydrogen (secondary N) is 2. The van der Waals surface area contributed by atoms with Gasteiger partial charge in [0.25, 0.3) is 11.6 Å². The van der Waals surface area contributed by atoms with E-state index in [1.165, 1.54) is 17.0 Å². The number of hydrogen-bond acceptors (Lipinski definition) is 8. The first-order valence-corrected chi connectivity index (χ1v) is 13.9. The number of hydrogen-bond donors (Lipinski definition) is 2. The van der Waals surface area contributed by atoms with Crippen LogP contribution in [0.3, 0.4) is 0 Å². The van der Waals surface area contributed by atoms with E-state index in [-0.39, 0.29) is 30.4 Å². The lowest BCUT2D eigenvalue weighted by Gasteiger charge is -2.15. The summed E-state index contributed by atoms with van der Waals surface area (Å²) in [5.74, 6) is -0.0235. The molecule has 2 aromatic carbocycles. The van der Waals surface area contributed by atoms with Crippen molar-refractivity contribution in [2.45, 2.75) is 45.6 Å². The van der Waals surface area contributed by atoms with Gasteiger partial charge in [-0.2, -0.15) is 9.78 Å². The number of furan rings is 1. The van der Waals surface area contributed by atoms with Crippen LogP contribution in [-0.4, -0.2) is 35.6 Å². The van der Waals surface area contributed by atoms with Gasteiger partial charge in [0.1, 0.15) is 16.4 Å². The summed E-state index contributed by atoms with van der Waals surface area (Å²) in [5, 5.41) is 18.7. The highest BCUT2D eigenvalue weighted by Gasteiger charge is 2.28. The molecule has 40 heavy (non-hydrogen) atoms. The van der Waals surface area contributed by atoms with E-state index in [2.05, 4.69) is 15.1 Å². The predicted octanol–water partition coefficient (Wildman–Crippen LogP) is 4.71. The quantitative estimate of drug-likeness (QED) is 0.195. The minimum absolute atomic E-state index is 0.0536. The molecule has 13 heteroatoms. The molecule has 0 aliphatic heterocycles. The molecule has 0 spiro atoms. The normalized spacial score (nSPS) is 11.4. The summed E-state index contributed by atoms with van der Waals surface area (Å²) in [7, 11) is -4.18. The van der Waals surface area contributed by atoms with Crippen molar-refractivity contribution in [3.8, 4) is 17.3 Å². The largest absolute Gasteiger partial charge is 0.467 e. The first-order chi connectivity index (χ1) is 19.0. The Hall–Kier alpha value is -4.49. The summed E-state index contributed by atoms with van der Waals surface area (Å²) in [4.78, 5) is 23.5. The lowest BCUT2D eigenvalue weighted by Crippen LogP contribution is -2.25. The van der Waals surface area contributed by atoms with E-state index < -0.39 is 31.4 Å². The molecule has 4 rings (SSSR count). The highest BCUT2D eigenvalue weighted by atomic mass is 32.2. The van der Waals surface area contributed by atoms with E-state index in [0.717, 1.165) is 23.3 Å². The number of rotatable bonds is 11. The number of nitrogens with zero attached hydrogens (tertiary/aromatic N) is 3. The van der Waals surface area contributed by atoms with Crippen molar-refractivity contribution in [2.24, 2.45) is 0 Å². The number of aryl methyl sites for hydroxylation is 1. The van der Waals surface area contributed by atoms with Gasteiger partial charge in [0, 0.05) is 24.2 Å². The van der Waals surface area contributed by atoms with Crippen molar-refractivity contribution in [1.29, 1.82) is 0 Å². The van der Waals surface area contributed by atoms with E-state index in [4.69, 9.17) is 9.15 Å². The molecule has 12 nitrogen and oxygen atoms in total. The predicted molar refractivity (Wildman–Crippen MR) is 146 cm³/mol. The van der Waals surface area contributed by atoms with E-state index in [1.807, 2.05) is 26.0 Å². The van der Waals surface area contributed by atoms with Crippen LogP contribution >= 0.6 is 0 Å². The fraction of sp³-hybridized carbons (Fsp3) is 0.259. The molecule has 0 saturated heterocycles. The number of nitro groups is 1. The number of ether oxygens (including phenoxy) is 1. The smallest absolute Gasteiger partial charge is 0.272 e. The topological polar surface area (TPSA) is 159 Å². The molecule has 0 saturated carbocycles. The maximum atomic E-state index is 13.2. The number of amides is 1. The molecule has 0 bridgehead atoms. The van der Waals surface area contributed by atoms with Crippen LogP contribution < -0.4 is 14.8 Å². The van der Waals surface area contributed by atoms with Gasteiger partial charge < -0.3 is 14.5 Å². The number of carbonyl (C=O) groups is 1. The van der Waals surface area contributed by atoms with Crippen LogP contribution in [-0.2, 0) is 16.6 Å². The molecule has 0 aliphatic rings. The molecule has 1 amide bonds. The molecule has 4 aromatic rings. The maximum absolute atomic E-state index is 13.2. The van der Waals surface area contributed by atoms with Crippen LogP contribution in [0.1, 0.15) is 46.3 Å². The van der Waals surface area contributed by atoms with Crippen molar-refractivity contribution in [3.63, 3.8) is 0 Å². The Morgan fingerprint density at radius 2 is 1.90 bits per heavy atom. The molecule has 0 atom stereocenters. The Morgan fingerprint density at radius 3 is 2.58 bits per heavy atom. The molecule has 0 unspecified atom stereocenters. The van der Waals surface area contributed by atoms with Gasteiger partial charge in [0.05, 0.1) is 23.4 Å². The molecule has 210 valence electrons. The van der Waals surface area contributed by atoms with Gasteiger partial charge in [-0.1, -0.05) is 19.1 Å². The molecule has 2 heterocycles. The van der Waals surface area contributed by atoms with Crippen molar-refractivity contribution in [1.82, 2.24) is 19.8 Å². The Kier molecular flexibility index (Phi) is 8.35. The zero-order valence-electron chi connectivity index (χ0n) is 22.4. The average molecular weight is 568 g/mol. The molecule has 0 fully saturated rings. The minimum Gasteiger partial charge on any atom is -0.467 e. The summed E-state index contributed by atoms with van der Waals surface area (Å²) in [5.41, 5.74) is 2.40. The van der Waals surface area contributed by atoms with Gasteiger partial charge in [0.15, 0.2) is 5.69 Å². The Morgan fingerprint density at radius 1 is 1.12 bits per heavy atom. The molecule has 0 aliphatic carbocycles. The second kappa shape index (κ2) is 11.7. The van der Waals surface area contributed by atoms with E-state index >= 15 is 0 Å². The van der Waals surface area contributed by atoms with Gasteiger partial charge in [-0.25, -0.2) is 13.1 Å². The van der Waals surface area contributed by atoms with Gasteiger partial charge in [-0.05, 0) is 62.6 Å². The third-order valence-corrected chi connectivity index (χ3v) is 7.75. The van der Waals surface area contributed by atoms with Crippen molar-refractivity contribution >= 4 is 21.6 Å². The van der Waals surface area contributed by atoms with Crippen LogP contribution in [0.15, 0.2) is 64.1 Å². The number of aromatic nitrogens is 2. The van der Waals surface area contributed by atoms with E-state index in [1.54, 1.807) is 32.0 Å². The number of sulfonamides is 1. The third kappa shape index (κ3) is 5.90. The summed E-state index contributed by atoms with van der Waals surface area (Å²) in [6.45, 7) is 7.49. The van der Waals surface area contributed by atoms with Crippen LogP contribution in [0.2, 0.25) is 0 Å². The van der Waals surface area contributed by atoms with Gasteiger partial charge in [-0.15, -0.1) is 0 Å². The van der Waals surface area contributed by atoms with Gasteiger partial charge in [-0.3, -0.25) is 14.9 Å². The van der Waals surface area contributed by atoms with Crippen LogP contribution in [0, 0.1) is 30.9 Å². The first-order valence-electron chi connectivity index (χ1n) is 12.5. The summed E-state index contributed by atoms with van der Waals surface area (Å²) in [6, 6.07) is 12.3. The second-order valence-corrected chi connectivity index (χ2v) is 10.8. The van der Waals surface area contributed by atoms with Crippen molar-refractivity contribution in [2.75, 3.05) is 6.54 Å². The Balaban J connectivity index is 1.84. The highest BCUT2D eigenvalue weighted by molar-refractivity contribution is 7.89. The SMILES string of the molecule is CCCNS(=O)(=O)c1cc([N+](=O)[O-])ccc1Oc1c(C)c(C(=O)NCc2ccco2)nn1-c1cccc(C)c1C. The number of non-ortho nitro benzene ring substituents is 1. The van der Waals surface area contributed by atoms with Crippen molar-refractivity contribution in [3.05, 3.63) is 93.1 Å². The molecule has 2 N–H and O–H groups in total. The van der Waals surface area contributed by atoms with Crippen LogP contribution in [0.25, 0.3) is 5.69 Å².